The van der Waals surface area contributed by atoms with E-state index in [1.807, 2.05) is 17.8 Å². The van der Waals surface area contributed by atoms with E-state index in [-0.39, 0.29) is 11.6 Å². The third-order valence-corrected chi connectivity index (χ3v) is 3.57. The van der Waals surface area contributed by atoms with E-state index in [4.69, 9.17) is 11.6 Å². The monoisotopic (exact) mass is 293 g/mol. The van der Waals surface area contributed by atoms with Gasteiger partial charge in [0.2, 0.25) is 0 Å². The molecule has 1 saturated carbocycles. The lowest BCUT2D eigenvalue weighted by molar-refractivity contribution is 0.102. The van der Waals surface area contributed by atoms with Gasteiger partial charge in [-0.1, -0.05) is 11.6 Å². The Morgan fingerprint density at radius 2 is 2.25 bits per heavy atom. The number of nitrogens with one attached hydrogen (secondary N) is 1. The molecule has 6 nitrogen and oxygen atoms in total. The molecular formula is C13H16ClN5O. The fourth-order valence-corrected chi connectivity index (χ4v) is 2.23. The Bertz CT molecular complexity index is 628. The van der Waals surface area contributed by atoms with E-state index in [0.29, 0.717) is 17.3 Å². The molecule has 106 valence electrons. The van der Waals surface area contributed by atoms with Crippen LogP contribution in [0.15, 0.2) is 18.6 Å². The summed E-state index contributed by atoms with van der Waals surface area (Å²) >= 11 is 6.00. The Labute approximate surface area is 121 Å². The Hall–Kier alpha value is -1.82. The number of aromatic nitrogens is 4. The number of rotatable bonds is 5. The first-order valence-corrected chi connectivity index (χ1v) is 7.10. The maximum atomic E-state index is 12.1. The quantitative estimate of drug-likeness (QED) is 0.921. The number of hydrogen-bond acceptors (Lipinski definition) is 3. The van der Waals surface area contributed by atoms with Crippen molar-refractivity contribution in [3.63, 3.8) is 0 Å². The molecule has 3 rings (SSSR count). The van der Waals surface area contributed by atoms with Crippen LogP contribution < -0.4 is 5.32 Å². The van der Waals surface area contributed by atoms with Gasteiger partial charge in [-0.05, 0) is 25.7 Å². The van der Waals surface area contributed by atoms with Crippen LogP contribution in [0.5, 0.6) is 0 Å². The van der Waals surface area contributed by atoms with Crippen molar-refractivity contribution in [2.24, 2.45) is 5.92 Å². The number of hydrogen-bond donors (Lipinski definition) is 1. The number of halogens is 1. The average Bonchev–Trinajstić information content (AvgIpc) is 2.98. The summed E-state index contributed by atoms with van der Waals surface area (Å²) in [6.07, 6.45) is 7.66. The number of carbonyl (C=O) groups excluding carboxylic acids is 1. The van der Waals surface area contributed by atoms with Gasteiger partial charge in [-0.2, -0.15) is 10.2 Å². The maximum absolute atomic E-state index is 12.1. The molecule has 2 heterocycles. The molecule has 1 amide bonds. The molecule has 2 aromatic rings. The molecule has 1 fully saturated rings. The van der Waals surface area contributed by atoms with Crippen LogP contribution in [0.2, 0.25) is 5.02 Å². The first kappa shape index (κ1) is 13.2. The van der Waals surface area contributed by atoms with Crippen LogP contribution in [-0.4, -0.2) is 25.5 Å². The van der Waals surface area contributed by atoms with Crippen molar-refractivity contribution in [2.75, 3.05) is 5.32 Å². The summed E-state index contributed by atoms with van der Waals surface area (Å²) < 4.78 is 3.49. The summed E-state index contributed by atoms with van der Waals surface area (Å²) in [7, 11) is 0. The molecule has 0 aliphatic heterocycles. The molecule has 0 spiro atoms. The lowest BCUT2D eigenvalue weighted by atomic mass is 10.4. The van der Waals surface area contributed by atoms with Gasteiger partial charge in [0.25, 0.3) is 5.91 Å². The van der Waals surface area contributed by atoms with Gasteiger partial charge in [0.05, 0.1) is 16.9 Å². The van der Waals surface area contributed by atoms with Gasteiger partial charge in [-0.15, -0.1) is 0 Å². The zero-order valence-electron chi connectivity index (χ0n) is 11.2. The highest BCUT2D eigenvalue weighted by Crippen LogP contribution is 2.30. The zero-order valence-corrected chi connectivity index (χ0v) is 12.0. The molecule has 0 aromatic carbocycles. The van der Waals surface area contributed by atoms with E-state index >= 15 is 0 Å². The summed E-state index contributed by atoms with van der Waals surface area (Å²) in [5.41, 5.74) is 0.904. The largest absolute Gasteiger partial charge is 0.318 e. The standard InChI is InChI=1S/C13H16ClN5O/c1-2-18-8-11(14)12(17-18)13(20)16-10-5-15-19(7-10)6-9-3-4-9/h5,7-9H,2-4,6H2,1H3,(H,16,20). The molecule has 0 bridgehead atoms. The first-order chi connectivity index (χ1) is 9.65. The van der Waals surface area contributed by atoms with Crippen molar-refractivity contribution in [3.05, 3.63) is 29.3 Å². The normalized spacial score (nSPS) is 14.5. The van der Waals surface area contributed by atoms with Gasteiger partial charge in [0, 0.05) is 25.5 Å². The minimum atomic E-state index is -0.312. The third kappa shape index (κ3) is 2.85. The van der Waals surface area contributed by atoms with Crippen LogP contribution in [0.1, 0.15) is 30.3 Å². The van der Waals surface area contributed by atoms with Crippen LogP contribution in [0.25, 0.3) is 0 Å². The van der Waals surface area contributed by atoms with Crippen LogP contribution in [0, 0.1) is 5.92 Å². The van der Waals surface area contributed by atoms with Gasteiger partial charge < -0.3 is 5.32 Å². The smallest absolute Gasteiger partial charge is 0.277 e. The van der Waals surface area contributed by atoms with E-state index < -0.39 is 0 Å². The van der Waals surface area contributed by atoms with E-state index in [9.17, 15) is 4.79 Å². The molecule has 0 unspecified atom stereocenters. The Kier molecular flexibility index (Phi) is 3.48. The molecule has 0 radical (unpaired) electrons. The summed E-state index contributed by atoms with van der Waals surface area (Å²) in [6, 6.07) is 0. The molecule has 0 atom stereocenters. The highest BCUT2D eigenvalue weighted by atomic mass is 35.5. The number of aryl methyl sites for hydroxylation is 1. The summed E-state index contributed by atoms with van der Waals surface area (Å²) in [6.45, 7) is 3.53. The second-order valence-electron chi connectivity index (χ2n) is 5.03. The van der Waals surface area contributed by atoms with Gasteiger partial charge in [-0.3, -0.25) is 14.2 Å². The van der Waals surface area contributed by atoms with Crippen LogP contribution in [0.4, 0.5) is 5.69 Å². The van der Waals surface area contributed by atoms with E-state index in [0.717, 1.165) is 12.5 Å². The second-order valence-corrected chi connectivity index (χ2v) is 5.44. The Morgan fingerprint density at radius 1 is 1.45 bits per heavy atom. The van der Waals surface area contributed by atoms with Gasteiger partial charge >= 0.3 is 0 Å². The summed E-state index contributed by atoms with van der Waals surface area (Å²) in [5, 5.41) is 11.5. The minimum absolute atomic E-state index is 0.239. The van der Waals surface area contributed by atoms with Crippen molar-refractivity contribution >= 4 is 23.2 Å². The molecule has 7 heteroatoms. The maximum Gasteiger partial charge on any atom is 0.277 e. The molecule has 20 heavy (non-hydrogen) atoms. The topological polar surface area (TPSA) is 64.7 Å². The van der Waals surface area contributed by atoms with Crippen molar-refractivity contribution < 1.29 is 4.79 Å². The predicted molar refractivity (Wildman–Crippen MR) is 75.8 cm³/mol. The zero-order chi connectivity index (χ0) is 14.1. The van der Waals surface area contributed by atoms with Gasteiger partial charge in [0.15, 0.2) is 5.69 Å². The molecule has 1 aliphatic rings. The highest BCUT2D eigenvalue weighted by molar-refractivity contribution is 6.34. The summed E-state index contributed by atoms with van der Waals surface area (Å²) in [4.78, 5) is 12.1. The third-order valence-electron chi connectivity index (χ3n) is 3.29. The average molecular weight is 294 g/mol. The highest BCUT2D eigenvalue weighted by Gasteiger charge is 2.22. The van der Waals surface area contributed by atoms with Gasteiger partial charge in [0.1, 0.15) is 0 Å². The fourth-order valence-electron chi connectivity index (χ4n) is 2.00. The van der Waals surface area contributed by atoms with Crippen LogP contribution >= 0.6 is 11.6 Å². The first-order valence-electron chi connectivity index (χ1n) is 6.72. The molecule has 1 N–H and O–H groups in total. The number of nitrogens with zero attached hydrogens (tertiary/aromatic N) is 4. The SMILES string of the molecule is CCn1cc(Cl)c(C(=O)Nc2cnn(CC3CC3)c2)n1. The lowest BCUT2D eigenvalue weighted by Gasteiger charge is -2.00. The van der Waals surface area contributed by atoms with Crippen LogP contribution in [-0.2, 0) is 13.1 Å². The van der Waals surface area contributed by atoms with E-state index in [2.05, 4.69) is 15.5 Å². The molecule has 2 aromatic heterocycles. The fraction of sp³-hybridized carbons (Fsp3) is 0.462. The van der Waals surface area contributed by atoms with Crippen LogP contribution in [0.3, 0.4) is 0 Å². The Morgan fingerprint density at radius 3 is 2.90 bits per heavy atom. The predicted octanol–water partition coefficient (Wildman–Crippen LogP) is 2.42. The second kappa shape index (κ2) is 5.28. The lowest BCUT2D eigenvalue weighted by Crippen LogP contribution is -2.13. The molecular weight excluding hydrogens is 278 g/mol. The van der Waals surface area contributed by atoms with Crippen molar-refractivity contribution in [3.8, 4) is 0 Å². The minimum Gasteiger partial charge on any atom is -0.318 e. The van der Waals surface area contributed by atoms with Crippen molar-refractivity contribution in [1.29, 1.82) is 0 Å². The number of amides is 1. The van der Waals surface area contributed by atoms with Gasteiger partial charge in [-0.25, -0.2) is 0 Å². The molecule has 1 aliphatic carbocycles. The van der Waals surface area contributed by atoms with Crippen molar-refractivity contribution in [2.45, 2.75) is 32.9 Å². The Balaban J connectivity index is 1.67. The van der Waals surface area contributed by atoms with E-state index in [1.54, 1.807) is 17.1 Å². The number of anilines is 1. The van der Waals surface area contributed by atoms with E-state index in [1.165, 1.54) is 12.8 Å². The number of carbonyl (C=O) groups is 1. The summed E-state index contributed by atoms with van der Waals surface area (Å²) in [5.74, 6) is 0.432. The van der Waals surface area contributed by atoms with Crippen molar-refractivity contribution in [1.82, 2.24) is 19.6 Å². The molecule has 0 saturated heterocycles.